The molecule has 0 spiro atoms. The van der Waals surface area contributed by atoms with Crippen molar-refractivity contribution in [2.45, 2.75) is 6.54 Å². The molecule has 0 saturated heterocycles. The van der Waals surface area contributed by atoms with Gasteiger partial charge in [0.25, 0.3) is 0 Å². The van der Waals surface area contributed by atoms with Gasteiger partial charge >= 0.3 is 5.97 Å². The van der Waals surface area contributed by atoms with Crippen LogP contribution in [0.1, 0.15) is 0 Å². The highest BCUT2D eigenvalue weighted by Crippen LogP contribution is 2.33. The van der Waals surface area contributed by atoms with E-state index in [1.165, 1.54) is 0 Å². The minimum Gasteiger partial charge on any atom is -0.477 e. The predicted molar refractivity (Wildman–Crippen MR) is 111 cm³/mol. The van der Waals surface area contributed by atoms with Gasteiger partial charge in [-0.2, -0.15) is 4.57 Å². The van der Waals surface area contributed by atoms with Crippen molar-refractivity contribution in [1.29, 1.82) is 0 Å². The molecule has 0 radical (unpaired) electrons. The predicted octanol–water partition coefficient (Wildman–Crippen LogP) is 5.06. The van der Waals surface area contributed by atoms with E-state index in [0.29, 0.717) is 0 Å². The van der Waals surface area contributed by atoms with E-state index in [2.05, 4.69) is 30.3 Å². The Morgan fingerprint density at radius 1 is 0.679 bits per heavy atom. The van der Waals surface area contributed by atoms with Gasteiger partial charge in [0.1, 0.15) is 0 Å². The number of carbonyl (C=O) groups is 1. The topological polar surface area (TPSA) is 41.2 Å². The Labute approximate surface area is 164 Å². The molecule has 0 bridgehead atoms. The molecule has 1 heterocycles. The molecule has 4 rings (SSSR count). The number of aliphatic carboxylic acids is 1. The molecule has 1 aromatic heterocycles. The standard InChI is InChI=1S/C25H19NO2/c27-25(28)18-26-17-23(20-12-6-2-7-13-20)22(19-10-4-1-5-11-19)16-24(26)21-14-8-3-9-15-21/h1-17H,18H2/p+1. The van der Waals surface area contributed by atoms with E-state index in [9.17, 15) is 9.90 Å². The zero-order chi connectivity index (χ0) is 19.3. The second kappa shape index (κ2) is 7.89. The zero-order valence-electron chi connectivity index (χ0n) is 15.3. The van der Waals surface area contributed by atoms with Gasteiger partial charge in [-0.1, -0.05) is 78.9 Å². The Bertz CT molecular complexity index is 1090. The van der Waals surface area contributed by atoms with Crippen LogP contribution >= 0.6 is 0 Å². The molecule has 0 aliphatic rings. The Morgan fingerprint density at radius 2 is 1.14 bits per heavy atom. The first-order valence-electron chi connectivity index (χ1n) is 9.18. The first-order valence-corrected chi connectivity index (χ1v) is 9.18. The van der Waals surface area contributed by atoms with Gasteiger partial charge in [-0.25, -0.2) is 4.79 Å². The quantitative estimate of drug-likeness (QED) is 0.502. The average Bonchev–Trinajstić information content (AvgIpc) is 2.75. The molecule has 0 unspecified atom stereocenters. The van der Waals surface area contributed by atoms with Crippen molar-refractivity contribution in [3.8, 4) is 33.5 Å². The van der Waals surface area contributed by atoms with E-state index in [4.69, 9.17) is 0 Å². The van der Waals surface area contributed by atoms with Crippen LogP contribution in [0.5, 0.6) is 0 Å². The number of carboxylic acid groups (broad SMARTS) is 1. The van der Waals surface area contributed by atoms with Gasteiger partial charge in [-0.05, 0) is 23.3 Å². The van der Waals surface area contributed by atoms with Crippen LogP contribution in [0.3, 0.4) is 0 Å². The minimum absolute atomic E-state index is 0.0981. The molecule has 1 N–H and O–H groups in total. The zero-order valence-corrected chi connectivity index (χ0v) is 15.3. The summed E-state index contributed by atoms with van der Waals surface area (Å²) in [6, 6.07) is 32.3. The molecule has 28 heavy (non-hydrogen) atoms. The maximum atomic E-state index is 11.5. The van der Waals surface area contributed by atoms with Crippen LogP contribution in [-0.2, 0) is 11.3 Å². The maximum absolute atomic E-state index is 11.5. The number of hydrogen-bond donors (Lipinski definition) is 1. The lowest BCUT2D eigenvalue weighted by atomic mass is 9.94. The van der Waals surface area contributed by atoms with Gasteiger partial charge < -0.3 is 5.11 Å². The van der Waals surface area contributed by atoms with Crippen molar-refractivity contribution < 1.29 is 14.5 Å². The number of hydrogen-bond acceptors (Lipinski definition) is 1. The van der Waals surface area contributed by atoms with Gasteiger partial charge in [0.2, 0.25) is 12.2 Å². The maximum Gasteiger partial charge on any atom is 0.370 e. The van der Waals surface area contributed by atoms with Crippen molar-refractivity contribution >= 4 is 5.97 Å². The molecule has 3 nitrogen and oxygen atoms in total. The third-order valence-electron chi connectivity index (χ3n) is 4.71. The molecule has 0 amide bonds. The number of rotatable bonds is 5. The lowest BCUT2D eigenvalue weighted by Gasteiger charge is -2.12. The van der Waals surface area contributed by atoms with Gasteiger partial charge in [-0.15, -0.1) is 0 Å². The van der Waals surface area contributed by atoms with Crippen LogP contribution in [0.4, 0.5) is 0 Å². The van der Waals surface area contributed by atoms with Gasteiger partial charge in [0.15, 0.2) is 6.20 Å². The Kier molecular flexibility index (Phi) is 4.98. The fourth-order valence-electron chi connectivity index (χ4n) is 3.43. The summed E-state index contributed by atoms with van der Waals surface area (Å²) >= 11 is 0. The number of nitrogens with zero attached hydrogens (tertiary/aromatic N) is 1. The van der Waals surface area contributed by atoms with Crippen molar-refractivity contribution in [2.24, 2.45) is 0 Å². The number of aromatic nitrogens is 1. The Balaban J connectivity index is 2.01. The van der Waals surface area contributed by atoms with Crippen LogP contribution in [0, 0.1) is 0 Å². The highest BCUT2D eigenvalue weighted by Gasteiger charge is 2.22. The highest BCUT2D eigenvalue weighted by atomic mass is 16.4. The lowest BCUT2D eigenvalue weighted by Crippen LogP contribution is -2.40. The fraction of sp³-hybridized carbons (Fsp3) is 0.0400. The molecule has 3 heteroatoms. The summed E-state index contributed by atoms with van der Waals surface area (Å²) in [5.74, 6) is -0.867. The molecule has 4 aromatic rings. The van der Waals surface area contributed by atoms with Crippen molar-refractivity contribution in [3.05, 3.63) is 103 Å². The monoisotopic (exact) mass is 366 g/mol. The number of benzene rings is 3. The molecule has 136 valence electrons. The molecule has 0 atom stereocenters. The summed E-state index contributed by atoms with van der Waals surface area (Å²) in [5, 5.41) is 9.47. The van der Waals surface area contributed by atoms with Crippen LogP contribution < -0.4 is 4.57 Å². The van der Waals surface area contributed by atoms with Crippen LogP contribution in [-0.4, -0.2) is 11.1 Å². The van der Waals surface area contributed by atoms with Crippen LogP contribution in [0.25, 0.3) is 33.5 Å². The number of carboxylic acids is 1. The smallest absolute Gasteiger partial charge is 0.370 e. The molecule has 0 aliphatic heterocycles. The van der Waals surface area contributed by atoms with Crippen molar-refractivity contribution in [3.63, 3.8) is 0 Å². The Hall–Kier alpha value is -3.72. The third kappa shape index (κ3) is 3.69. The van der Waals surface area contributed by atoms with E-state index in [1.807, 2.05) is 77.5 Å². The molecule has 0 fully saturated rings. The molecule has 0 aliphatic carbocycles. The normalized spacial score (nSPS) is 10.6. The van der Waals surface area contributed by atoms with E-state index in [1.54, 1.807) is 0 Å². The van der Waals surface area contributed by atoms with E-state index >= 15 is 0 Å². The van der Waals surface area contributed by atoms with Crippen molar-refractivity contribution in [2.75, 3.05) is 0 Å². The average molecular weight is 366 g/mol. The van der Waals surface area contributed by atoms with Crippen LogP contribution in [0.2, 0.25) is 0 Å². The minimum atomic E-state index is -0.867. The fourth-order valence-corrected chi connectivity index (χ4v) is 3.43. The molecular formula is C25H20NO2+. The van der Waals surface area contributed by atoms with Gasteiger partial charge in [0, 0.05) is 17.2 Å². The summed E-state index contributed by atoms with van der Waals surface area (Å²) in [5.41, 5.74) is 6.10. The summed E-state index contributed by atoms with van der Waals surface area (Å²) in [6.07, 6.45) is 1.95. The second-order valence-corrected chi connectivity index (χ2v) is 6.61. The van der Waals surface area contributed by atoms with Gasteiger partial charge in [-0.3, -0.25) is 0 Å². The summed E-state index contributed by atoms with van der Waals surface area (Å²) in [7, 11) is 0. The first-order chi connectivity index (χ1) is 13.7. The summed E-state index contributed by atoms with van der Waals surface area (Å²) in [6.45, 7) is -0.0981. The van der Waals surface area contributed by atoms with E-state index < -0.39 is 5.97 Å². The van der Waals surface area contributed by atoms with E-state index in [-0.39, 0.29) is 6.54 Å². The van der Waals surface area contributed by atoms with Crippen molar-refractivity contribution in [1.82, 2.24) is 0 Å². The third-order valence-corrected chi connectivity index (χ3v) is 4.71. The molecule has 0 saturated carbocycles. The van der Waals surface area contributed by atoms with Crippen LogP contribution in [0.15, 0.2) is 103 Å². The Morgan fingerprint density at radius 3 is 1.64 bits per heavy atom. The SMILES string of the molecule is O=C(O)C[n+]1cc(-c2ccccc2)c(-c2ccccc2)cc1-c1ccccc1. The lowest BCUT2D eigenvalue weighted by molar-refractivity contribution is -0.674. The summed E-state index contributed by atoms with van der Waals surface area (Å²) in [4.78, 5) is 11.5. The van der Waals surface area contributed by atoms with E-state index in [0.717, 1.165) is 33.5 Å². The highest BCUT2D eigenvalue weighted by molar-refractivity contribution is 5.84. The largest absolute Gasteiger partial charge is 0.477 e. The summed E-state index contributed by atoms with van der Waals surface area (Å²) < 4.78 is 1.81. The second-order valence-electron chi connectivity index (χ2n) is 6.61. The molecular weight excluding hydrogens is 346 g/mol. The number of pyridine rings is 1. The molecule has 3 aromatic carbocycles. The first kappa shape index (κ1) is 17.7. The van der Waals surface area contributed by atoms with Gasteiger partial charge in [0.05, 0.1) is 5.56 Å².